The van der Waals surface area contributed by atoms with Gasteiger partial charge in [-0.3, -0.25) is 0 Å². The van der Waals surface area contributed by atoms with E-state index in [1.165, 1.54) is 32.7 Å². The van der Waals surface area contributed by atoms with Crippen LogP contribution in [0, 0.1) is 0 Å². The minimum atomic E-state index is 1.22. The van der Waals surface area contributed by atoms with Crippen LogP contribution in [0.3, 0.4) is 0 Å². The van der Waals surface area contributed by atoms with Crippen LogP contribution in [0.2, 0.25) is 0 Å². The normalized spacial score (nSPS) is 11.5. The molecule has 0 aliphatic carbocycles. The molecule has 0 unspecified atom stereocenters. The molecule has 0 aromatic heterocycles. The second-order valence-electron chi connectivity index (χ2n) is 5.47. The second-order valence-corrected chi connectivity index (χ2v) is 5.47. The predicted molar refractivity (Wildman–Crippen MR) is 96.8 cm³/mol. The molecular formula is C22H16. The summed E-state index contributed by atoms with van der Waals surface area (Å²) in [6, 6.07) is 29.9. The lowest BCUT2D eigenvalue weighted by Crippen LogP contribution is -1.81. The molecule has 0 heterocycles. The van der Waals surface area contributed by atoms with Crippen molar-refractivity contribution in [3.05, 3.63) is 96.1 Å². The van der Waals surface area contributed by atoms with E-state index in [4.69, 9.17) is 0 Å². The summed E-state index contributed by atoms with van der Waals surface area (Å²) in [6.45, 7) is 0. The average Bonchev–Trinajstić information content (AvgIpc) is 2.60. The van der Waals surface area contributed by atoms with Crippen LogP contribution < -0.4 is 0 Å². The standard InChI is InChI=1S/C22H16/c1-2-7-17(8-3-1)13-14-19-10-6-12-22-20-11-5-4-9-18(20)15-16-21(19)22/h1-16H. The molecule has 4 rings (SSSR count). The molecule has 0 saturated carbocycles. The SMILES string of the molecule is C(=Cc1cccc2c1ccc1ccccc12)c1ccccc1. The minimum Gasteiger partial charge on any atom is -0.0622 e. The molecule has 0 heteroatoms. The maximum Gasteiger partial charge on any atom is -0.00994 e. The summed E-state index contributed by atoms with van der Waals surface area (Å²) in [5, 5.41) is 5.22. The lowest BCUT2D eigenvalue weighted by atomic mass is 9.98. The Balaban J connectivity index is 1.88. The molecule has 0 saturated heterocycles. The molecule has 104 valence electrons. The van der Waals surface area contributed by atoms with Crippen molar-refractivity contribution in [3.8, 4) is 0 Å². The molecule has 0 fully saturated rings. The Morgan fingerprint density at radius 1 is 0.455 bits per heavy atom. The Bertz CT molecular complexity index is 963. The van der Waals surface area contributed by atoms with Crippen molar-refractivity contribution in [1.29, 1.82) is 0 Å². The van der Waals surface area contributed by atoms with Crippen LogP contribution >= 0.6 is 0 Å². The van der Waals surface area contributed by atoms with E-state index >= 15 is 0 Å². The molecule has 0 N–H and O–H groups in total. The number of rotatable bonds is 2. The fourth-order valence-corrected chi connectivity index (χ4v) is 2.96. The predicted octanol–water partition coefficient (Wildman–Crippen LogP) is 6.16. The van der Waals surface area contributed by atoms with Crippen LogP contribution in [0.4, 0.5) is 0 Å². The monoisotopic (exact) mass is 280 g/mol. The highest BCUT2D eigenvalue weighted by Gasteiger charge is 2.02. The van der Waals surface area contributed by atoms with E-state index in [0.29, 0.717) is 0 Å². The lowest BCUT2D eigenvalue weighted by molar-refractivity contribution is 1.66. The van der Waals surface area contributed by atoms with Crippen LogP contribution in [-0.2, 0) is 0 Å². The van der Waals surface area contributed by atoms with Gasteiger partial charge in [-0.15, -0.1) is 0 Å². The van der Waals surface area contributed by atoms with Crippen molar-refractivity contribution >= 4 is 33.7 Å². The van der Waals surface area contributed by atoms with Crippen LogP contribution in [-0.4, -0.2) is 0 Å². The zero-order chi connectivity index (χ0) is 14.8. The lowest BCUT2D eigenvalue weighted by Gasteiger charge is -2.06. The highest BCUT2D eigenvalue weighted by molar-refractivity contribution is 6.10. The Morgan fingerprint density at radius 3 is 2.14 bits per heavy atom. The molecule has 0 atom stereocenters. The first-order valence-corrected chi connectivity index (χ1v) is 7.55. The molecule has 22 heavy (non-hydrogen) atoms. The summed E-state index contributed by atoms with van der Waals surface area (Å²) in [5.74, 6) is 0. The summed E-state index contributed by atoms with van der Waals surface area (Å²) < 4.78 is 0. The Hall–Kier alpha value is -2.86. The summed E-state index contributed by atoms with van der Waals surface area (Å²) in [6.07, 6.45) is 4.37. The molecule has 0 nitrogen and oxygen atoms in total. The molecule has 4 aromatic rings. The van der Waals surface area contributed by atoms with E-state index in [1.54, 1.807) is 0 Å². The first-order valence-electron chi connectivity index (χ1n) is 7.55. The zero-order valence-corrected chi connectivity index (χ0v) is 12.2. The van der Waals surface area contributed by atoms with Gasteiger partial charge in [-0.05, 0) is 32.7 Å². The molecule has 4 aromatic carbocycles. The number of hydrogen-bond donors (Lipinski definition) is 0. The average molecular weight is 280 g/mol. The van der Waals surface area contributed by atoms with Gasteiger partial charge in [0.25, 0.3) is 0 Å². The molecule has 0 spiro atoms. The third-order valence-electron chi connectivity index (χ3n) is 4.08. The van der Waals surface area contributed by atoms with Crippen molar-refractivity contribution < 1.29 is 0 Å². The topological polar surface area (TPSA) is 0 Å². The molecule has 0 bridgehead atoms. The zero-order valence-electron chi connectivity index (χ0n) is 12.2. The number of fused-ring (bicyclic) bond motifs is 3. The molecule has 0 amide bonds. The van der Waals surface area contributed by atoms with Gasteiger partial charge in [0, 0.05) is 0 Å². The van der Waals surface area contributed by atoms with Crippen LogP contribution in [0.5, 0.6) is 0 Å². The van der Waals surface area contributed by atoms with E-state index in [0.717, 1.165) is 0 Å². The Labute approximate surface area is 130 Å². The summed E-state index contributed by atoms with van der Waals surface area (Å²) >= 11 is 0. The summed E-state index contributed by atoms with van der Waals surface area (Å²) in [5.41, 5.74) is 2.48. The largest absolute Gasteiger partial charge is 0.0622 e. The third kappa shape index (κ3) is 2.29. The van der Waals surface area contributed by atoms with Crippen LogP contribution in [0.15, 0.2) is 84.9 Å². The van der Waals surface area contributed by atoms with Gasteiger partial charge < -0.3 is 0 Å². The van der Waals surface area contributed by atoms with Gasteiger partial charge in [-0.2, -0.15) is 0 Å². The van der Waals surface area contributed by atoms with Gasteiger partial charge in [0.15, 0.2) is 0 Å². The van der Waals surface area contributed by atoms with E-state index < -0.39 is 0 Å². The summed E-state index contributed by atoms with van der Waals surface area (Å²) in [4.78, 5) is 0. The van der Waals surface area contributed by atoms with Crippen LogP contribution in [0.25, 0.3) is 33.7 Å². The first kappa shape index (κ1) is 12.8. The Morgan fingerprint density at radius 2 is 1.23 bits per heavy atom. The highest BCUT2D eigenvalue weighted by atomic mass is 14.1. The van der Waals surface area contributed by atoms with Gasteiger partial charge in [-0.1, -0.05) is 97.1 Å². The van der Waals surface area contributed by atoms with E-state index in [1.807, 2.05) is 6.07 Å². The minimum absolute atomic E-state index is 1.22. The van der Waals surface area contributed by atoms with E-state index in [2.05, 4.69) is 91.0 Å². The molecule has 0 aliphatic rings. The van der Waals surface area contributed by atoms with Crippen molar-refractivity contribution in [2.24, 2.45) is 0 Å². The van der Waals surface area contributed by atoms with Crippen molar-refractivity contribution in [2.45, 2.75) is 0 Å². The van der Waals surface area contributed by atoms with Crippen molar-refractivity contribution in [3.63, 3.8) is 0 Å². The number of hydrogen-bond acceptors (Lipinski definition) is 0. The summed E-state index contributed by atoms with van der Waals surface area (Å²) in [7, 11) is 0. The first-order chi connectivity index (χ1) is 10.9. The van der Waals surface area contributed by atoms with Gasteiger partial charge in [0.2, 0.25) is 0 Å². The van der Waals surface area contributed by atoms with E-state index in [-0.39, 0.29) is 0 Å². The quantitative estimate of drug-likeness (QED) is 0.304. The molecular weight excluding hydrogens is 264 g/mol. The smallest absolute Gasteiger partial charge is 0.00994 e. The Kier molecular flexibility index (Phi) is 3.21. The van der Waals surface area contributed by atoms with Crippen LogP contribution in [0.1, 0.15) is 11.1 Å². The van der Waals surface area contributed by atoms with E-state index in [9.17, 15) is 0 Å². The third-order valence-corrected chi connectivity index (χ3v) is 4.08. The maximum atomic E-state index is 2.22. The van der Waals surface area contributed by atoms with Gasteiger partial charge >= 0.3 is 0 Å². The fourth-order valence-electron chi connectivity index (χ4n) is 2.96. The van der Waals surface area contributed by atoms with Gasteiger partial charge in [0.05, 0.1) is 0 Å². The van der Waals surface area contributed by atoms with Crippen molar-refractivity contribution in [1.82, 2.24) is 0 Å². The number of benzene rings is 4. The fraction of sp³-hybridized carbons (Fsp3) is 0. The highest BCUT2D eigenvalue weighted by Crippen LogP contribution is 2.28. The molecule has 0 aliphatic heterocycles. The molecule has 0 radical (unpaired) electrons. The van der Waals surface area contributed by atoms with Gasteiger partial charge in [-0.25, -0.2) is 0 Å². The van der Waals surface area contributed by atoms with Crippen molar-refractivity contribution in [2.75, 3.05) is 0 Å². The van der Waals surface area contributed by atoms with Gasteiger partial charge in [0.1, 0.15) is 0 Å². The second kappa shape index (κ2) is 5.50. The maximum absolute atomic E-state index is 2.22.